The van der Waals surface area contributed by atoms with E-state index in [9.17, 15) is 9.90 Å². The Morgan fingerprint density at radius 3 is 2.45 bits per heavy atom. The Balaban J connectivity index is 1.81. The predicted octanol–water partition coefficient (Wildman–Crippen LogP) is 4.77. The Kier molecular flexibility index (Phi) is 7.11. The normalized spacial score (nSPS) is 11.0. The van der Waals surface area contributed by atoms with Gasteiger partial charge in [0.25, 0.3) is 0 Å². The average Bonchev–Trinajstić information content (AvgIpc) is 3.12. The number of hydrogen-bond donors (Lipinski definition) is 1. The first-order chi connectivity index (χ1) is 14.1. The molecule has 29 heavy (non-hydrogen) atoms. The number of aryl methyl sites for hydroxylation is 2. The highest BCUT2D eigenvalue weighted by atomic mass is 16.4. The van der Waals surface area contributed by atoms with Crippen LogP contribution < -0.4 is 0 Å². The van der Waals surface area contributed by atoms with Crippen molar-refractivity contribution in [2.75, 3.05) is 0 Å². The van der Waals surface area contributed by atoms with E-state index in [2.05, 4.69) is 18.8 Å². The number of nitrogens with zero attached hydrogens (tertiary/aromatic N) is 4. The monoisotopic (exact) mass is 392 g/mol. The van der Waals surface area contributed by atoms with Crippen molar-refractivity contribution in [3.63, 3.8) is 0 Å². The third kappa shape index (κ3) is 5.28. The number of aromatic nitrogens is 4. The summed E-state index contributed by atoms with van der Waals surface area (Å²) >= 11 is 0. The summed E-state index contributed by atoms with van der Waals surface area (Å²) in [6.07, 6.45) is 9.32. The molecule has 0 radical (unpaired) electrons. The lowest BCUT2D eigenvalue weighted by Gasteiger charge is -2.09. The molecule has 3 aromatic rings. The van der Waals surface area contributed by atoms with Crippen LogP contribution in [0.4, 0.5) is 0 Å². The van der Waals surface area contributed by atoms with Gasteiger partial charge in [-0.3, -0.25) is 4.98 Å². The van der Waals surface area contributed by atoms with Gasteiger partial charge in [-0.05, 0) is 35.6 Å². The first kappa shape index (κ1) is 20.7. The van der Waals surface area contributed by atoms with Crippen LogP contribution in [0.3, 0.4) is 0 Å². The van der Waals surface area contributed by atoms with Gasteiger partial charge in [0.05, 0.1) is 12.1 Å². The van der Waals surface area contributed by atoms with Crippen LogP contribution in [0.2, 0.25) is 0 Å². The molecule has 0 fully saturated rings. The summed E-state index contributed by atoms with van der Waals surface area (Å²) in [5.74, 6) is 1.00. The fraction of sp³-hybridized carbons (Fsp3) is 0.391. The van der Waals surface area contributed by atoms with Crippen LogP contribution in [0, 0.1) is 0 Å². The first-order valence-electron chi connectivity index (χ1n) is 10.3. The van der Waals surface area contributed by atoms with Crippen LogP contribution in [0.5, 0.6) is 0 Å². The molecule has 0 saturated heterocycles. The standard InChI is InChI=1S/C23H28N4O2/c1-3-5-7-21-25-22(8-6-4-2)27(26-21)16-17-9-11-18(12-10-17)19-13-14-24-15-20(19)23(28)29/h9-15H,3-8,16H2,1-2H3,(H,28,29). The molecule has 0 bridgehead atoms. The number of carbonyl (C=O) groups is 1. The highest BCUT2D eigenvalue weighted by Crippen LogP contribution is 2.23. The molecule has 0 aliphatic heterocycles. The van der Waals surface area contributed by atoms with Gasteiger partial charge >= 0.3 is 5.97 Å². The zero-order valence-corrected chi connectivity index (χ0v) is 17.1. The molecular weight excluding hydrogens is 364 g/mol. The summed E-state index contributed by atoms with van der Waals surface area (Å²) in [4.78, 5) is 20.1. The van der Waals surface area contributed by atoms with Crippen LogP contribution in [0.15, 0.2) is 42.7 Å². The second kappa shape index (κ2) is 9.96. The maximum absolute atomic E-state index is 11.4. The molecule has 1 N–H and O–H groups in total. The number of benzene rings is 1. The minimum Gasteiger partial charge on any atom is -0.478 e. The molecule has 0 aliphatic rings. The van der Waals surface area contributed by atoms with E-state index in [1.165, 1.54) is 6.20 Å². The van der Waals surface area contributed by atoms with Crippen LogP contribution >= 0.6 is 0 Å². The number of aromatic carboxylic acids is 1. The van der Waals surface area contributed by atoms with Crippen molar-refractivity contribution in [2.45, 2.75) is 58.9 Å². The van der Waals surface area contributed by atoms with Crippen molar-refractivity contribution >= 4 is 5.97 Å². The van der Waals surface area contributed by atoms with Gasteiger partial charge in [0.15, 0.2) is 5.82 Å². The topological polar surface area (TPSA) is 80.9 Å². The second-order valence-corrected chi connectivity index (χ2v) is 7.23. The first-order valence-corrected chi connectivity index (χ1v) is 10.3. The summed E-state index contributed by atoms with van der Waals surface area (Å²) in [6, 6.07) is 9.70. The number of rotatable bonds is 10. The minimum atomic E-state index is -0.972. The average molecular weight is 393 g/mol. The van der Waals surface area contributed by atoms with Crippen LogP contribution in [0.1, 0.15) is 67.1 Å². The van der Waals surface area contributed by atoms with E-state index < -0.39 is 5.97 Å². The second-order valence-electron chi connectivity index (χ2n) is 7.23. The van der Waals surface area contributed by atoms with Crippen LogP contribution in [-0.2, 0) is 19.4 Å². The Labute approximate surface area is 171 Å². The predicted molar refractivity (Wildman–Crippen MR) is 113 cm³/mol. The quantitative estimate of drug-likeness (QED) is 0.537. The van der Waals surface area contributed by atoms with Gasteiger partial charge < -0.3 is 5.11 Å². The molecule has 152 valence electrons. The molecule has 0 atom stereocenters. The lowest BCUT2D eigenvalue weighted by molar-refractivity contribution is 0.0697. The van der Waals surface area contributed by atoms with Crippen molar-refractivity contribution in [2.24, 2.45) is 0 Å². The van der Waals surface area contributed by atoms with Gasteiger partial charge in [-0.25, -0.2) is 14.5 Å². The number of pyridine rings is 1. The number of carboxylic acid groups (broad SMARTS) is 1. The summed E-state index contributed by atoms with van der Waals surface area (Å²) in [7, 11) is 0. The van der Waals surface area contributed by atoms with Crippen molar-refractivity contribution in [1.29, 1.82) is 0 Å². The van der Waals surface area contributed by atoms with E-state index in [0.717, 1.165) is 61.3 Å². The van der Waals surface area contributed by atoms with E-state index >= 15 is 0 Å². The Morgan fingerprint density at radius 2 is 1.76 bits per heavy atom. The highest BCUT2D eigenvalue weighted by molar-refractivity contribution is 5.95. The smallest absolute Gasteiger partial charge is 0.337 e. The van der Waals surface area contributed by atoms with Gasteiger partial charge in [0.1, 0.15) is 5.82 Å². The molecule has 0 amide bonds. The fourth-order valence-corrected chi connectivity index (χ4v) is 3.29. The summed E-state index contributed by atoms with van der Waals surface area (Å²) in [5.41, 5.74) is 2.86. The molecule has 0 unspecified atom stereocenters. The van der Waals surface area contributed by atoms with E-state index in [4.69, 9.17) is 10.1 Å². The van der Waals surface area contributed by atoms with Crippen LogP contribution in [-0.4, -0.2) is 30.8 Å². The fourth-order valence-electron chi connectivity index (χ4n) is 3.29. The zero-order chi connectivity index (χ0) is 20.6. The van der Waals surface area contributed by atoms with E-state index in [0.29, 0.717) is 12.1 Å². The Morgan fingerprint density at radius 1 is 1.03 bits per heavy atom. The van der Waals surface area contributed by atoms with Gasteiger partial charge in [-0.2, -0.15) is 5.10 Å². The number of hydrogen-bond acceptors (Lipinski definition) is 4. The molecule has 1 aromatic carbocycles. The van der Waals surface area contributed by atoms with Crippen molar-refractivity contribution in [3.05, 3.63) is 65.5 Å². The molecule has 0 aliphatic carbocycles. The van der Waals surface area contributed by atoms with Gasteiger partial charge in [0.2, 0.25) is 0 Å². The van der Waals surface area contributed by atoms with Crippen molar-refractivity contribution in [1.82, 2.24) is 19.7 Å². The van der Waals surface area contributed by atoms with E-state index in [1.807, 2.05) is 28.9 Å². The Bertz CT molecular complexity index is 948. The van der Waals surface area contributed by atoms with E-state index in [1.54, 1.807) is 12.3 Å². The van der Waals surface area contributed by atoms with Gasteiger partial charge in [0, 0.05) is 25.2 Å². The number of carboxylic acids is 1. The molecule has 2 aromatic heterocycles. The molecule has 0 spiro atoms. The highest BCUT2D eigenvalue weighted by Gasteiger charge is 2.13. The summed E-state index contributed by atoms with van der Waals surface area (Å²) in [6.45, 7) is 5.03. The lowest BCUT2D eigenvalue weighted by Crippen LogP contribution is -2.07. The van der Waals surface area contributed by atoms with Crippen LogP contribution in [0.25, 0.3) is 11.1 Å². The SMILES string of the molecule is CCCCc1nc(CCCC)n(Cc2ccc(-c3ccncc3C(=O)O)cc2)n1. The third-order valence-electron chi connectivity index (χ3n) is 4.95. The molecule has 0 saturated carbocycles. The molecular formula is C23H28N4O2. The minimum absolute atomic E-state index is 0.207. The molecule has 6 nitrogen and oxygen atoms in total. The number of unbranched alkanes of at least 4 members (excludes halogenated alkanes) is 2. The summed E-state index contributed by atoms with van der Waals surface area (Å²) in [5, 5.41) is 14.1. The third-order valence-corrected chi connectivity index (χ3v) is 4.95. The maximum Gasteiger partial charge on any atom is 0.337 e. The molecule has 2 heterocycles. The summed E-state index contributed by atoms with van der Waals surface area (Å²) < 4.78 is 2.02. The van der Waals surface area contributed by atoms with Crippen molar-refractivity contribution in [3.8, 4) is 11.1 Å². The largest absolute Gasteiger partial charge is 0.478 e. The van der Waals surface area contributed by atoms with Gasteiger partial charge in [-0.15, -0.1) is 0 Å². The lowest BCUT2D eigenvalue weighted by atomic mass is 10.0. The van der Waals surface area contributed by atoms with E-state index in [-0.39, 0.29) is 5.56 Å². The maximum atomic E-state index is 11.4. The Hall–Kier alpha value is -3.02. The zero-order valence-electron chi connectivity index (χ0n) is 17.1. The molecule has 6 heteroatoms. The van der Waals surface area contributed by atoms with Crippen molar-refractivity contribution < 1.29 is 9.90 Å². The van der Waals surface area contributed by atoms with Gasteiger partial charge in [-0.1, -0.05) is 51.0 Å². The molecule has 3 rings (SSSR count).